The summed E-state index contributed by atoms with van der Waals surface area (Å²) in [6.45, 7) is 1.71. The average molecular weight is 645 g/mol. The number of hydrogen-bond donors (Lipinski definition) is 1. The zero-order valence-corrected chi connectivity index (χ0v) is 26.4. The van der Waals surface area contributed by atoms with Crippen molar-refractivity contribution in [3.05, 3.63) is 186 Å². The van der Waals surface area contributed by atoms with Crippen LogP contribution in [-0.4, -0.2) is 30.2 Å². The van der Waals surface area contributed by atoms with E-state index in [1.165, 1.54) is 12.1 Å². The minimum atomic E-state index is -0.746. The zero-order chi connectivity index (χ0) is 33.4. The highest BCUT2D eigenvalue weighted by Crippen LogP contribution is 2.41. The Morgan fingerprint density at radius 2 is 1.37 bits per heavy atom. The number of hydrogen-bond acceptors (Lipinski definition) is 5. The number of amides is 1. The van der Waals surface area contributed by atoms with E-state index in [-0.39, 0.29) is 11.4 Å². The molecular formula is C40H29FN6O2. The molecule has 0 aliphatic carbocycles. The van der Waals surface area contributed by atoms with Gasteiger partial charge in [-0.15, -0.1) is 0 Å². The second-order valence-electron chi connectivity index (χ2n) is 11.7. The lowest BCUT2D eigenvalue weighted by Gasteiger charge is -2.36. The molecule has 8 nitrogen and oxygen atoms in total. The van der Waals surface area contributed by atoms with E-state index in [4.69, 9.17) is 9.62 Å². The third-order valence-electron chi connectivity index (χ3n) is 8.72. The Morgan fingerprint density at radius 3 is 1.96 bits per heavy atom. The molecule has 4 aromatic carbocycles. The van der Waals surface area contributed by atoms with Crippen molar-refractivity contribution in [2.75, 3.05) is 5.32 Å². The predicted molar refractivity (Wildman–Crippen MR) is 186 cm³/mol. The lowest BCUT2D eigenvalue weighted by molar-refractivity contribution is 0.102. The lowest BCUT2D eigenvalue weighted by Crippen LogP contribution is -2.38. The highest BCUT2D eigenvalue weighted by Gasteiger charge is 2.39. The van der Waals surface area contributed by atoms with Gasteiger partial charge in [-0.1, -0.05) is 102 Å². The molecule has 4 aromatic heterocycles. The first-order valence-electron chi connectivity index (χ1n) is 15.7. The summed E-state index contributed by atoms with van der Waals surface area (Å²) in [7, 11) is 0. The molecule has 0 fully saturated rings. The Bertz CT molecular complexity index is 2320. The molecular weight excluding hydrogens is 615 g/mol. The fourth-order valence-electron chi connectivity index (χ4n) is 6.42. The second-order valence-corrected chi connectivity index (χ2v) is 11.7. The largest absolute Gasteiger partial charge is 0.360 e. The van der Waals surface area contributed by atoms with Crippen LogP contribution in [0.15, 0.2) is 157 Å². The van der Waals surface area contributed by atoms with Crippen LogP contribution < -0.4 is 5.32 Å². The van der Waals surface area contributed by atoms with E-state index in [0.29, 0.717) is 22.7 Å². The van der Waals surface area contributed by atoms with Gasteiger partial charge in [0.25, 0.3) is 5.91 Å². The summed E-state index contributed by atoms with van der Waals surface area (Å²) in [5.41, 5.74) is 6.11. The number of halogens is 1. The zero-order valence-electron chi connectivity index (χ0n) is 26.4. The van der Waals surface area contributed by atoms with Gasteiger partial charge in [0.1, 0.15) is 22.8 Å². The van der Waals surface area contributed by atoms with E-state index in [0.717, 1.165) is 27.8 Å². The SMILES string of the molecule is Cc1cc(NC(=O)c2ccc(-c3cnc4ccc(-c5cnn(C(c6ccccc6)(c6ccccc6)c6ccccc6)c5)cn34)cc2F)no1. The van der Waals surface area contributed by atoms with Crippen LogP contribution in [0.1, 0.15) is 32.8 Å². The molecule has 8 rings (SSSR count). The van der Waals surface area contributed by atoms with Gasteiger partial charge in [0.15, 0.2) is 5.82 Å². The molecule has 9 heteroatoms. The van der Waals surface area contributed by atoms with Gasteiger partial charge in [0.2, 0.25) is 0 Å². The van der Waals surface area contributed by atoms with Crippen molar-refractivity contribution in [2.24, 2.45) is 0 Å². The predicted octanol–water partition coefficient (Wildman–Crippen LogP) is 8.39. The van der Waals surface area contributed by atoms with Gasteiger partial charge >= 0.3 is 0 Å². The number of anilines is 1. The molecule has 1 N–H and O–H groups in total. The lowest BCUT2D eigenvalue weighted by atomic mass is 9.77. The highest BCUT2D eigenvalue weighted by atomic mass is 19.1. The third-order valence-corrected chi connectivity index (χ3v) is 8.72. The van der Waals surface area contributed by atoms with Crippen LogP contribution >= 0.6 is 0 Å². The Labute approximate surface area is 281 Å². The van der Waals surface area contributed by atoms with Gasteiger partial charge < -0.3 is 9.84 Å². The molecule has 49 heavy (non-hydrogen) atoms. The summed E-state index contributed by atoms with van der Waals surface area (Å²) < 4.78 is 24.3. The van der Waals surface area contributed by atoms with Gasteiger partial charge in [0, 0.05) is 35.2 Å². The van der Waals surface area contributed by atoms with Gasteiger partial charge in [-0.05, 0) is 47.9 Å². The molecule has 1 amide bonds. The number of nitrogens with zero attached hydrogens (tertiary/aromatic N) is 5. The number of carbonyl (C=O) groups is 1. The number of benzene rings is 4. The van der Waals surface area contributed by atoms with Gasteiger partial charge in [-0.3, -0.25) is 13.9 Å². The van der Waals surface area contributed by atoms with Gasteiger partial charge in [0.05, 0.1) is 23.7 Å². The molecule has 8 aromatic rings. The number of aromatic nitrogens is 5. The molecule has 0 radical (unpaired) electrons. The van der Waals surface area contributed by atoms with E-state index in [9.17, 15) is 4.79 Å². The van der Waals surface area contributed by atoms with E-state index in [1.54, 1.807) is 25.3 Å². The van der Waals surface area contributed by atoms with Crippen molar-refractivity contribution >= 4 is 17.4 Å². The van der Waals surface area contributed by atoms with Crippen LogP contribution in [0.5, 0.6) is 0 Å². The van der Waals surface area contributed by atoms with E-state index in [1.807, 2.05) is 88.2 Å². The maximum atomic E-state index is 15.3. The minimum absolute atomic E-state index is 0.106. The average Bonchev–Trinajstić information content (AvgIpc) is 3.90. The van der Waals surface area contributed by atoms with Crippen molar-refractivity contribution < 1.29 is 13.7 Å². The van der Waals surface area contributed by atoms with Crippen molar-refractivity contribution in [3.63, 3.8) is 0 Å². The topological polar surface area (TPSA) is 90.2 Å². The molecule has 0 atom stereocenters. The number of imidazole rings is 1. The molecule has 4 heterocycles. The maximum absolute atomic E-state index is 15.3. The van der Waals surface area contributed by atoms with E-state index in [2.05, 4.69) is 58.1 Å². The van der Waals surface area contributed by atoms with E-state index >= 15 is 4.39 Å². The number of pyridine rings is 1. The van der Waals surface area contributed by atoms with Crippen LogP contribution in [0.2, 0.25) is 0 Å². The smallest absolute Gasteiger partial charge is 0.259 e. The molecule has 0 unspecified atom stereocenters. The molecule has 0 saturated carbocycles. The first-order chi connectivity index (χ1) is 24.0. The Morgan fingerprint density at radius 1 is 0.735 bits per heavy atom. The normalized spacial score (nSPS) is 11.6. The third kappa shape index (κ3) is 5.27. The monoisotopic (exact) mass is 644 g/mol. The molecule has 0 spiro atoms. The Balaban J connectivity index is 1.19. The maximum Gasteiger partial charge on any atom is 0.259 e. The first-order valence-corrected chi connectivity index (χ1v) is 15.7. The summed E-state index contributed by atoms with van der Waals surface area (Å²) in [5.74, 6) is -0.528. The number of fused-ring (bicyclic) bond motifs is 1. The van der Waals surface area contributed by atoms with Crippen molar-refractivity contribution in [1.82, 2.24) is 24.3 Å². The van der Waals surface area contributed by atoms with Crippen LogP contribution in [0.25, 0.3) is 28.0 Å². The van der Waals surface area contributed by atoms with Crippen molar-refractivity contribution in [2.45, 2.75) is 12.5 Å². The molecule has 0 saturated heterocycles. The first kappa shape index (κ1) is 29.8. The van der Waals surface area contributed by atoms with Crippen LogP contribution in [0.4, 0.5) is 10.2 Å². The minimum Gasteiger partial charge on any atom is -0.360 e. The standard InChI is InChI=1S/C40H29FN6O2/c1-27-21-37(45-49-27)44-39(48)34-19-17-28(22-35(34)41)36-24-42-38-20-18-29(25-46(36)38)30-23-43-47(26-30)40(31-11-5-2-6-12-31,32-13-7-3-8-14-32)33-15-9-4-10-16-33/h2-26H,1H3,(H,44,45,48). The number of rotatable bonds is 8. The summed E-state index contributed by atoms with van der Waals surface area (Å²) in [4.78, 5) is 17.3. The molecule has 238 valence electrons. The van der Waals surface area contributed by atoms with Crippen molar-refractivity contribution in [1.29, 1.82) is 0 Å². The number of nitrogens with one attached hydrogen (secondary N) is 1. The summed E-state index contributed by atoms with van der Waals surface area (Å²) in [5, 5.41) is 11.3. The fourth-order valence-corrected chi connectivity index (χ4v) is 6.42. The highest BCUT2D eigenvalue weighted by molar-refractivity contribution is 6.04. The summed E-state index contributed by atoms with van der Waals surface area (Å²) >= 11 is 0. The van der Waals surface area contributed by atoms with Gasteiger partial charge in [-0.25, -0.2) is 9.37 Å². The quantitative estimate of drug-likeness (QED) is 0.168. The Kier molecular flexibility index (Phi) is 7.41. The number of carbonyl (C=O) groups excluding carboxylic acids is 1. The fraction of sp³-hybridized carbons (Fsp3) is 0.0500. The van der Waals surface area contributed by atoms with Crippen LogP contribution in [-0.2, 0) is 5.54 Å². The van der Waals surface area contributed by atoms with Gasteiger partial charge in [-0.2, -0.15) is 5.10 Å². The number of aryl methyl sites for hydroxylation is 1. The molecule has 0 bridgehead atoms. The second kappa shape index (κ2) is 12.2. The van der Waals surface area contributed by atoms with E-state index < -0.39 is 17.3 Å². The van der Waals surface area contributed by atoms with Crippen molar-refractivity contribution in [3.8, 4) is 22.4 Å². The summed E-state index contributed by atoms with van der Waals surface area (Å²) in [6, 6.07) is 41.1. The summed E-state index contributed by atoms with van der Waals surface area (Å²) in [6.07, 6.45) is 7.60. The molecule has 0 aliphatic rings. The van der Waals surface area contributed by atoms with Crippen LogP contribution in [0.3, 0.4) is 0 Å². The molecule has 0 aliphatic heterocycles. The van der Waals surface area contributed by atoms with Crippen LogP contribution in [0, 0.1) is 12.7 Å². The Hall–Kier alpha value is -6.61.